The third-order valence-corrected chi connectivity index (χ3v) is 5.95. The van der Waals surface area contributed by atoms with Crippen LogP contribution in [0.5, 0.6) is 0 Å². The number of anilines is 2. The van der Waals surface area contributed by atoms with Crippen molar-refractivity contribution >= 4 is 40.3 Å². The minimum absolute atomic E-state index is 0.0375. The molecular formula is C21H12ClF3N10O. The highest BCUT2D eigenvalue weighted by Gasteiger charge is 2.60. The van der Waals surface area contributed by atoms with Crippen LogP contribution in [-0.2, 0) is 5.41 Å². The Hall–Kier alpha value is -4.69. The number of alkyl halides is 3. The van der Waals surface area contributed by atoms with Gasteiger partial charge < -0.3 is 5.32 Å². The predicted molar refractivity (Wildman–Crippen MR) is 120 cm³/mol. The number of aromatic nitrogens is 6. The zero-order valence-electron chi connectivity index (χ0n) is 18.1. The Kier molecular flexibility index (Phi) is 5.08. The van der Waals surface area contributed by atoms with Gasteiger partial charge in [0.05, 0.1) is 42.2 Å². The van der Waals surface area contributed by atoms with E-state index in [-0.39, 0.29) is 45.1 Å². The number of urea groups is 1. The van der Waals surface area contributed by atoms with E-state index in [2.05, 4.69) is 30.3 Å². The second kappa shape index (κ2) is 7.93. The van der Waals surface area contributed by atoms with Crippen molar-refractivity contribution in [3.63, 3.8) is 0 Å². The summed E-state index contributed by atoms with van der Waals surface area (Å²) in [5.41, 5.74) is -2.57. The van der Waals surface area contributed by atoms with E-state index in [0.29, 0.717) is 0 Å². The van der Waals surface area contributed by atoms with Crippen LogP contribution in [0, 0.1) is 17.9 Å². The molecule has 2 amide bonds. The monoisotopic (exact) mass is 512 g/mol. The molecule has 4 aromatic rings. The lowest BCUT2D eigenvalue weighted by molar-refractivity contribution is -0.181. The van der Waals surface area contributed by atoms with E-state index in [9.17, 15) is 23.2 Å². The molecule has 1 aliphatic heterocycles. The lowest BCUT2D eigenvalue weighted by Gasteiger charge is -2.28. The van der Waals surface area contributed by atoms with Crippen LogP contribution in [0.2, 0.25) is 5.15 Å². The molecule has 0 saturated heterocycles. The lowest BCUT2D eigenvalue weighted by Crippen LogP contribution is -2.46. The van der Waals surface area contributed by atoms with Gasteiger partial charge in [0.15, 0.2) is 16.6 Å². The highest BCUT2D eigenvalue weighted by molar-refractivity contribution is 6.29. The van der Waals surface area contributed by atoms with Gasteiger partial charge in [-0.05, 0) is 19.1 Å². The topological polar surface area (TPSA) is 121 Å². The smallest absolute Gasteiger partial charge is 0.307 e. The van der Waals surface area contributed by atoms with Gasteiger partial charge in [0.25, 0.3) is 0 Å². The summed E-state index contributed by atoms with van der Waals surface area (Å²) in [4.78, 5) is 25.6. The van der Waals surface area contributed by atoms with Gasteiger partial charge in [0.2, 0.25) is 5.69 Å². The van der Waals surface area contributed by atoms with E-state index in [4.69, 9.17) is 18.2 Å². The molecule has 5 rings (SSSR count). The first-order valence-electron chi connectivity index (χ1n) is 10.1. The van der Waals surface area contributed by atoms with E-state index in [1.54, 1.807) is 0 Å². The average Bonchev–Trinajstić information content (AvgIpc) is 3.53. The molecule has 0 spiro atoms. The van der Waals surface area contributed by atoms with Gasteiger partial charge >= 0.3 is 12.2 Å². The minimum atomic E-state index is -4.73. The van der Waals surface area contributed by atoms with Crippen LogP contribution in [0.3, 0.4) is 0 Å². The highest BCUT2D eigenvalue weighted by atomic mass is 35.5. The standard InChI is InChI=1S/C21H12ClF3N10O/c1-20(21(23,24)25)10-33(14-9-28-16-6-15(22)32-35(16)17(14)20)19(36)31-11-5-13(27-2)18(29-8-11)34-12(7-26)3-4-30-34/h3-6,8-9H,10H2,1H3,(H,31,36)/t20-/m1/s1. The van der Waals surface area contributed by atoms with Gasteiger partial charge in [-0.2, -0.15) is 28.6 Å². The van der Waals surface area contributed by atoms with Crippen LogP contribution in [0.15, 0.2) is 36.8 Å². The van der Waals surface area contributed by atoms with Crippen molar-refractivity contribution < 1.29 is 18.0 Å². The Morgan fingerprint density at radius 3 is 2.81 bits per heavy atom. The van der Waals surface area contributed by atoms with Crippen LogP contribution in [-0.4, -0.2) is 48.1 Å². The molecule has 0 saturated carbocycles. The van der Waals surface area contributed by atoms with E-state index >= 15 is 0 Å². The number of nitrogens with one attached hydrogen (secondary N) is 1. The number of amides is 2. The first-order valence-corrected chi connectivity index (χ1v) is 10.5. The first-order chi connectivity index (χ1) is 17.1. The molecule has 5 heterocycles. The number of pyridine rings is 1. The van der Waals surface area contributed by atoms with E-state index < -0.39 is 24.2 Å². The van der Waals surface area contributed by atoms with Crippen molar-refractivity contribution in [2.24, 2.45) is 0 Å². The van der Waals surface area contributed by atoms with Crippen molar-refractivity contribution in [1.29, 1.82) is 5.26 Å². The van der Waals surface area contributed by atoms with E-state index in [0.717, 1.165) is 27.2 Å². The van der Waals surface area contributed by atoms with Crippen molar-refractivity contribution in [3.8, 4) is 11.9 Å². The van der Waals surface area contributed by atoms with Crippen LogP contribution < -0.4 is 10.2 Å². The van der Waals surface area contributed by atoms with Gasteiger partial charge in [-0.15, -0.1) is 0 Å². The molecule has 0 aromatic carbocycles. The molecule has 0 bridgehead atoms. The Balaban J connectivity index is 1.52. The number of hydrogen-bond donors (Lipinski definition) is 1. The van der Waals surface area contributed by atoms with Crippen LogP contribution in [0.25, 0.3) is 16.3 Å². The maximum absolute atomic E-state index is 14.2. The number of carbonyl (C=O) groups is 1. The highest BCUT2D eigenvalue weighted by Crippen LogP contribution is 2.50. The maximum atomic E-state index is 14.2. The van der Waals surface area contributed by atoms with E-state index in [1.165, 1.54) is 30.6 Å². The predicted octanol–water partition coefficient (Wildman–Crippen LogP) is 4.26. The van der Waals surface area contributed by atoms with Crippen LogP contribution in [0.4, 0.5) is 35.0 Å². The molecule has 180 valence electrons. The molecule has 4 aromatic heterocycles. The number of halogens is 4. The summed E-state index contributed by atoms with van der Waals surface area (Å²) < 4.78 is 44.9. The van der Waals surface area contributed by atoms with Gasteiger partial charge in [-0.3, -0.25) is 4.90 Å². The Bertz CT molecular complexity index is 1630. The molecular weight excluding hydrogens is 501 g/mol. The Morgan fingerprint density at radius 1 is 1.33 bits per heavy atom. The second-order valence-corrected chi connectivity index (χ2v) is 8.38. The summed E-state index contributed by atoms with van der Waals surface area (Å²) in [6, 6.07) is 5.06. The normalized spacial score (nSPS) is 17.0. The number of carbonyl (C=O) groups excluding carboxylic acids is 1. The van der Waals surface area contributed by atoms with E-state index in [1.807, 2.05) is 6.07 Å². The number of rotatable bonds is 2. The molecule has 0 aliphatic carbocycles. The van der Waals surface area contributed by atoms with Crippen LogP contribution >= 0.6 is 11.6 Å². The van der Waals surface area contributed by atoms with Gasteiger partial charge in [0.1, 0.15) is 17.2 Å². The number of nitriles is 1. The SMILES string of the molecule is [C-]#[N+]c1cc(NC(=O)N2C[C@@](C)(C(F)(F)F)c3c2cnc2cc(Cl)nn32)cnc1-n1nccc1C#N. The zero-order valence-corrected chi connectivity index (χ0v) is 18.9. The lowest BCUT2D eigenvalue weighted by atomic mass is 9.88. The van der Waals surface area contributed by atoms with Gasteiger partial charge in [-0.1, -0.05) is 11.6 Å². The molecule has 1 aliphatic rings. The van der Waals surface area contributed by atoms with Crippen molar-refractivity contribution in [1.82, 2.24) is 29.4 Å². The molecule has 15 heteroatoms. The van der Waals surface area contributed by atoms with Crippen molar-refractivity contribution in [2.45, 2.75) is 18.5 Å². The summed E-state index contributed by atoms with van der Waals surface area (Å²) in [5, 5.41) is 19.5. The van der Waals surface area contributed by atoms with Crippen molar-refractivity contribution in [3.05, 3.63) is 64.7 Å². The molecule has 0 fully saturated rings. The van der Waals surface area contributed by atoms with Crippen molar-refractivity contribution in [2.75, 3.05) is 16.8 Å². The summed E-state index contributed by atoms with van der Waals surface area (Å²) in [6.07, 6.45) is -0.998. The summed E-state index contributed by atoms with van der Waals surface area (Å²) in [6.45, 7) is 7.67. The van der Waals surface area contributed by atoms with Crippen LogP contribution in [0.1, 0.15) is 18.3 Å². The molecule has 0 radical (unpaired) electrons. The minimum Gasteiger partial charge on any atom is -0.307 e. The van der Waals surface area contributed by atoms with Gasteiger partial charge in [0, 0.05) is 12.6 Å². The molecule has 1 N–H and O–H groups in total. The number of nitrogens with zero attached hydrogens (tertiary/aromatic N) is 9. The third kappa shape index (κ3) is 3.38. The summed E-state index contributed by atoms with van der Waals surface area (Å²) in [7, 11) is 0. The molecule has 11 nitrogen and oxygen atoms in total. The molecule has 0 unspecified atom stereocenters. The molecule has 1 atom stereocenters. The summed E-state index contributed by atoms with van der Waals surface area (Å²) in [5.74, 6) is 0.0582. The second-order valence-electron chi connectivity index (χ2n) is 7.99. The number of fused-ring (bicyclic) bond motifs is 3. The number of hydrogen-bond acceptors (Lipinski definition) is 6. The Morgan fingerprint density at radius 2 is 2.11 bits per heavy atom. The fourth-order valence-electron chi connectivity index (χ4n) is 4.00. The largest absolute Gasteiger partial charge is 0.401 e. The Labute approximate surface area is 205 Å². The molecule has 36 heavy (non-hydrogen) atoms. The third-order valence-electron chi connectivity index (χ3n) is 5.77. The van der Waals surface area contributed by atoms with Gasteiger partial charge in [-0.25, -0.2) is 28.8 Å². The average molecular weight is 513 g/mol. The fourth-order valence-corrected chi connectivity index (χ4v) is 4.17. The quantitative estimate of drug-likeness (QED) is 0.401. The zero-order chi connectivity index (χ0) is 25.8. The summed E-state index contributed by atoms with van der Waals surface area (Å²) >= 11 is 5.89. The maximum Gasteiger partial charge on any atom is 0.401 e. The fraction of sp³-hybridized carbons (Fsp3) is 0.190. The first kappa shape index (κ1) is 23.1.